The van der Waals surface area contributed by atoms with Crippen LogP contribution >= 0.6 is 11.8 Å². The molecule has 0 aliphatic carbocycles. The third-order valence-corrected chi connectivity index (χ3v) is 4.63. The van der Waals surface area contributed by atoms with Crippen LogP contribution in [0.25, 0.3) is 0 Å². The van der Waals surface area contributed by atoms with Crippen molar-refractivity contribution in [1.29, 1.82) is 0 Å². The highest BCUT2D eigenvalue weighted by Gasteiger charge is 2.06. The second-order valence-corrected chi connectivity index (χ2v) is 6.73. The first-order chi connectivity index (χ1) is 11.1. The van der Waals surface area contributed by atoms with Crippen LogP contribution in [0.4, 0.5) is 4.39 Å². The average molecular weight is 331 g/mol. The zero-order valence-electron chi connectivity index (χ0n) is 13.5. The van der Waals surface area contributed by atoms with Crippen molar-refractivity contribution < 1.29 is 9.18 Å². The van der Waals surface area contributed by atoms with Gasteiger partial charge in [-0.25, -0.2) is 4.39 Å². The molecule has 0 saturated carbocycles. The van der Waals surface area contributed by atoms with Crippen LogP contribution in [0.15, 0.2) is 53.4 Å². The van der Waals surface area contributed by atoms with Crippen LogP contribution < -0.4 is 5.32 Å². The SMILES string of the molecule is CC(C)c1ccc(CCNC(=O)CSc2ccccc2F)cc1. The van der Waals surface area contributed by atoms with Crippen molar-refractivity contribution in [1.82, 2.24) is 5.32 Å². The fourth-order valence-electron chi connectivity index (χ4n) is 2.17. The summed E-state index contributed by atoms with van der Waals surface area (Å²) in [5.74, 6) is 0.402. The Morgan fingerprint density at radius 3 is 2.48 bits per heavy atom. The average Bonchev–Trinajstić information content (AvgIpc) is 2.54. The Balaban J connectivity index is 1.71. The van der Waals surface area contributed by atoms with E-state index in [9.17, 15) is 9.18 Å². The number of hydrogen-bond acceptors (Lipinski definition) is 2. The normalized spacial score (nSPS) is 10.8. The van der Waals surface area contributed by atoms with Gasteiger partial charge in [0.15, 0.2) is 0 Å². The predicted octanol–water partition coefficient (Wildman–Crippen LogP) is 4.40. The summed E-state index contributed by atoms with van der Waals surface area (Å²) in [6, 6.07) is 15.0. The zero-order chi connectivity index (χ0) is 16.7. The van der Waals surface area contributed by atoms with E-state index in [1.807, 2.05) is 0 Å². The fraction of sp³-hybridized carbons (Fsp3) is 0.316. The molecule has 0 unspecified atom stereocenters. The lowest BCUT2D eigenvalue weighted by atomic mass is 10.0. The zero-order valence-corrected chi connectivity index (χ0v) is 14.3. The largest absolute Gasteiger partial charge is 0.355 e. The van der Waals surface area contributed by atoms with Gasteiger partial charge in [-0.05, 0) is 35.6 Å². The molecular formula is C19H22FNOS. The number of nitrogens with one attached hydrogen (secondary N) is 1. The van der Waals surface area contributed by atoms with Crippen LogP contribution in [0.1, 0.15) is 30.9 Å². The molecule has 2 aromatic carbocycles. The number of rotatable bonds is 7. The molecule has 1 N–H and O–H groups in total. The van der Waals surface area contributed by atoms with E-state index in [1.165, 1.54) is 29.0 Å². The second-order valence-electron chi connectivity index (χ2n) is 5.72. The second kappa shape index (κ2) is 8.73. The Morgan fingerprint density at radius 1 is 1.13 bits per heavy atom. The van der Waals surface area contributed by atoms with Crippen molar-refractivity contribution in [2.75, 3.05) is 12.3 Å². The Labute approximate surface area is 141 Å². The minimum atomic E-state index is -0.282. The molecule has 0 heterocycles. The van der Waals surface area contributed by atoms with Gasteiger partial charge in [0, 0.05) is 11.4 Å². The van der Waals surface area contributed by atoms with Gasteiger partial charge in [0.1, 0.15) is 5.82 Å². The minimum absolute atomic E-state index is 0.0722. The van der Waals surface area contributed by atoms with Crippen LogP contribution in [-0.4, -0.2) is 18.2 Å². The maximum Gasteiger partial charge on any atom is 0.230 e. The van der Waals surface area contributed by atoms with Gasteiger partial charge in [0.2, 0.25) is 5.91 Å². The number of benzene rings is 2. The van der Waals surface area contributed by atoms with Gasteiger partial charge in [0.25, 0.3) is 0 Å². The minimum Gasteiger partial charge on any atom is -0.355 e. The van der Waals surface area contributed by atoms with Crippen molar-refractivity contribution >= 4 is 17.7 Å². The van der Waals surface area contributed by atoms with E-state index in [-0.39, 0.29) is 17.5 Å². The van der Waals surface area contributed by atoms with Crippen molar-refractivity contribution in [2.24, 2.45) is 0 Å². The number of amides is 1. The van der Waals surface area contributed by atoms with Crippen LogP contribution in [-0.2, 0) is 11.2 Å². The maximum absolute atomic E-state index is 13.5. The highest BCUT2D eigenvalue weighted by Crippen LogP contribution is 2.20. The molecule has 0 aliphatic rings. The lowest BCUT2D eigenvalue weighted by Gasteiger charge is -2.08. The molecule has 122 valence electrons. The summed E-state index contributed by atoms with van der Waals surface area (Å²) in [5.41, 5.74) is 2.52. The van der Waals surface area contributed by atoms with E-state index in [2.05, 4.69) is 43.4 Å². The summed E-state index contributed by atoms with van der Waals surface area (Å²) in [6.45, 7) is 4.93. The van der Waals surface area contributed by atoms with Crippen molar-refractivity contribution in [2.45, 2.75) is 31.1 Å². The quantitative estimate of drug-likeness (QED) is 0.762. The van der Waals surface area contributed by atoms with Crippen molar-refractivity contribution in [3.05, 3.63) is 65.5 Å². The highest BCUT2D eigenvalue weighted by atomic mass is 32.2. The lowest BCUT2D eigenvalue weighted by Crippen LogP contribution is -2.27. The van der Waals surface area contributed by atoms with Crippen LogP contribution in [0.2, 0.25) is 0 Å². The Kier molecular flexibility index (Phi) is 6.66. The molecule has 0 fully saturated rings. The predicted molar refractivity (Wildman–Crippen MR) is 94.4 cm³/mol. The van der Waals surface area contributed by atoms with E-state index in [4.69, 9.17) is 0 Å². The molecule has 2 nitrogen and oxygen atoms in total. The smallest absolute Gasteiger partial charge is 0.230 e. The maximum atomic E-state index is 13.5. The third kappa shape index (κ3) is 5.71. The fourth-order valence-corrected chi connectivity index (χ4v) is 2.94. The van der Waals surface area contributed by atoms with Gasteiger partial charge >= 0.3 is 0 Å². The molecule has 0 bridgehead atoms. The molecule has 0 aromatic heterocycles. The highest BCUT2D eigenvalue weighted by molar-refractivity contribution is 8.00. The number of carbonyl (C=O) groups is 1. The van der Waals surface area contributed by atoms with Gasteiger partial charge < -0.3 is 5.32 Å². The first-order valence-corrected chi connectivity index (χ1v) is 8.77. The number of halogens is 1. The summed E-state index contributed by atoms with van der Waals surface area (Å²) in [6.07, 6.45) is 0.800. The Morgan fingerprint density at radius 2 is 1.83 bits per heavy atom. The van der Waals surface area contributed by atoms with E-state index in [1.54, 1.807) is 18.2 Å². The number of carbonyl (C=O) groups excluding carboxylic acids is 1. The summed E-state index contributed by atoms with van der Waals surface area (Å²) >= 11 is 1.22. The van der Waals surface area contributed by atoms with E-state index < -0.39 is 0 Å². The molecule has 0 spiro atoms. The van der Waals surface area contributed by atoms with Crippen LogP contribution in [0, 0.1) is 5.82 Å². The first kappa shape index (κ1) is 17.5. The number of thioether (sulfide) groups is 1. The standard InChI is InChI=1S/C19H22FNOS/c1-14(2)16-9-7-15(8-10-16)11-12-21-19(22)13-23-18-6-4-3-5-17(18)20/h3-10,14H,11-13H2,1-2H3,(H,21,22). The molecule has 2 aromatic rings. The summed E-state index contributed by atoms with van der Waals surface area (Å²) in [7, 11) is 0. The molecule has 0 atom stereocenters. The van der Waals surface area contributed by atoms with E-state index in [0.29, 0.717) is 17.4 Å². The third-order valence-electron chi connectivity index (χ3n) is 3.58. The van der Waals surface area contributed by atoms with Gasteiger partial charge in [0.05, 0.1) is 5.75 Å². The summed E-state index contributed by atoms with van der Waals surface area (Å²) in [5, 5.41) is 2.88. The van der Waals surface area contributed by atoms with Crippen LogP contribution in [0.5, 0.6) is 0 Å². The summed E-state index contributed by atoms with van der Waals surface area (Å²) in [4.78, 5) is 12.3. The van der Waals surface area contributed by atoms with Crippen LogP contribution in [0.3, 0.4) is 0 Å². The molecule has 23 heavy (non-hydrogen) atoms. The van der Waals surface area contributed by atoms with Gasteiger partial charge in [-0.2, -0.15) is 0 Å². The molecule has 1 amide bonds. The van der Waals surface area contributed by atoms with Gasteiger partial charge in [-0.3, -0.25) is 4.79 Å². The molecule has 4 heteroatoms. The monoisotopic (exact) mass is 331 g/mol. The molecule has 0 saturated heterocycles. The molecule has 2 rings (SSSR count). The topological polar surface area (TPSA) is 29.1 Å². The Bertz CT molecular complexity index is 640. The summed E-state index contributed by atoms with van der Waals surface area (Å²) < 4.78 is 13.5. The van der Waals surface area contributed by atoms with E-state index in [0.717, 1.165) is 6.42 Å². The van der Waals surface area contributed by atoms with E-state index >= 15 is 0 Å². The Hall–Kier alpha value is -1.81. The lowest BCUT2D eigenvalue weighted by molar-refractivity contribution is -0.118. The first-order valence-electron chi connectivity index (χ1n) is 7.79. The van der Waals surface area contributed by atoms with Crippen molar-refractivity contribution in [3.8, 4) is 0 Å². The van der Waals surface area contributed by atoms with Gasteiger partial charge in [-0.1, -0.05) is 50.2 Å². The van der Waals surface area contributed by atoms with Gasteiger partial charge in [-0.15, -0.1) is 11.8 Å². The molecular weight excluding hydrogens is 309 g/mol. The van der Waals surface area contributed by atoms with Crippen molar-refractivity contribution in [3.63, 3.8) is 0 Å². The molecule has 0 aliphatic heterocycles. The number of hydrogen-bond donors (Lipinski definition) is 1. The molecule has 0 radical (unpaired) electrons.